The minimum atomic E-state index is -3.49. The monoisotopic (exact) mass is 433 g/mol. The fourth-order valence-corrected chi connectivity index (χ4v) is 4.59. The maximum atomic E-state index is 12.5. The Morgan fingerprint density at radius 1 is 0.867 bits per heavy atom. The molecule has 162 valence electrons. The van der Waals surface area contributed by atoms with E-state index in [9.17, 15) is 13.2 Å². The molecule has 1 saturated heterocycles. The van der Waals surface area contributed by atoms with E-state index in [-0.39, 0.29) is 18.1 Å². The van der Waals surface area contributed by atoms with Crippen molar-refractivity contribution in [2.75, 3.05) is 32.9 Å². The summed E-state index contributed by atoms with van der Waals surface area (Å²) in [7, 11) is -3.49. The van der Waals surface area contributed by atoms with Crippen molar-refractivity contribution in [3.8, 4) is 11.5 Å². The number of sulfonamides is 1. The molecule has 1 aliphatic heterocycles. The Bertz CT molecular complexity index is 919. The Balaban J connectivity index is 1.45. The van der Waals surface area contributed by atoms with Gasteiger partial charge >= 0.3 is 5.97 Å². The quantitative estimate of drug-likeness (QED) is 0.421. The third-order valence-electron chi connectivity index (χ3n) is 4.67. The number of carbonyl (C=O) groups excluding carboxylic acids is 1. The van der Waals surface area contributed by atoms with E-state index < -0.39 is 16.0 Å². The van der Waals surface area contributed by atoms with Crippen LogP contribution in [-0.2, 0) is 14.8 Å². The number of rotatable bonds is 10. The molecule has 3 rings (SSSR count). The Kier molecular flexibility index (Phi) is 7.70. The number of nitrogens with zero attached hydrogens (tertiary/aromatic N) is 1. The molecular formula is C22H27NO6S. The summed E-state index contributed by atoms with van der Waals surface area (Å²) < 4.78 is 42.8. The van der Waals surface area contributed by atoms with E-state index in [0.29, 0.717) is 31.0 Å². The Hall–Kier alpha value is -2.58. The number of carbonyl (C=O) groups is 1. The van der Waals surface area contributed by atoms with Crippen molar-refractivity contribution in [1.82, 2.24) is 4.31 Å². The number of hydrogen-bond donors (Lipinski definition) is 0. The molecule has 0 aliphatic carbocycles. The lowest BCUT2D eigenvalue weighted by molar-refractivity contribution is 0.0450. The summed E-state index contributed by atoms with van der Waals surface area (Å²) in [4.78, 5) is 12.4. The average Bonchev–Trinajstić information content (AvgIpc) is 3.32. The highest BCUT2D eigenvalue weighted by Crippen LogP contribution is 2.21. The highest BCUT2D eigenvalue weighted by molar-refractivity contribution is 7.89. The summed E-state index contributed by atoms with van der Waals surface area (Å²) >= 11 is 0. The summed E-state index contributed by atoms with van der Waals surface area (Å²) in [6, 6.07) is 13.1. The van der Waals surface area contributed by atoms with Gasteiger partial charge < -0.3 is 14.2 Å². The first-order valence-corrected chi connectivity index (χ1v) is 11.6. The third-order valence-corrected chi connectivity index (χ3v) is 6.59. The summed E-state index contributed by atoms with van der Waals surface area (Å²) in [5.41, 5.74) is 0.299. The van der Waals surface area contributed by atoms with Gasteiger partial charge in [-0.1, -0.05) is 6.92 Å². The van der Waals surface area contributed by atoms with Crippen LogP contribution < -0.4 is 9.47 Å². The van der Waals surface area contributed by atoms with E-state index in [0.717, 1.165) is 25.0 Å². The second-order valence-corrected chi connectivity index (χ2v) is 8.88. The SMILES string of the molecule is CCCOc1ccc(OCCOC(=O)c2ccc(S(=O)(=O)N3CCCC3)cc2)cc1. The van der Waals surface area contributed by atoms with Crippen LogP contribution in [0.5, 0.6) is 11.5 Å². The molecule has 0 bridgehead atoms. The van der Waals surface area contributed by atoms with E-state index >= 15 is 0 Å². The van der Waals surface area contributed by atoms with Gasteiger partial charge in [0.25, 0.3) is 0 Å². The van der Waals surface area contributed by atoms with Gasteiger partial charge in [0.15, 0.2) is 0 Å². The molecule has 0 spiro atoms. The fraction of sp³-hybridized carbons (Fsp3) is 0.409. The van der Waals surface area contributed by atoms with Gasteiger partial charge in [-0.15, -0.1) is 0 Å². The van der Waals surface area contributed by atoms with Crippen molar-refractivity contribution in [2.24, 2.45) is 0 Å². The zero-order valence-corrected chi connectivity index (χ0v) is 17.9. The minimum absolute atomic E-state index is 0.0841. The third kappa shape index (κ3) is 5.73. The second-order valence-electron chi connectivity index (χ2n) is 6.94. The van der Waals surface area contributed by atoms with Crippen LogP contribution in [0.25, 0.3) is 0 Å². The van der Waals surface area contributed by atoms with Gasteiger partial charge in [-0.3, -0.25) is 0 Å². The molecule has 1 heterocycles. The van der Waals surface area contributed by atoms with Crippen LogP contribution in [-0.4, -0.2) is 51.6 Å². The maximum Gasteiger partial charge on any atom is 0.338 e. The first-order chi connectivity index (χ1) is 14.5. The van der Waals surface area contributed by atoms with Crippen molar-refractivity contribution < 1.29 is 27.4 Å². The van der Waals surface area contributed by atoms with Gasteiger partial charge in [0.05, 0.1) is 17.1 Å². The van der Waals surface area contributed by atoms with E-state index in [1.807, 2.05) is 19.1 Å². The number of ether oxygens (including phenoxy) is 3. The summed E-state index contributed by atoms with van der Waals surface area (Å²) in [6.45, 7) is 4.09. The van der Waals surface area contributed by atoms with Crippen LogP contribution in [0.1, 0.15) is 36.5 Å². The van der Waals surface area contributed by atoms with Crippen LogP contribution in [0.15, 0.2) is 53.4 Å². The molecule has 0 atom stereocenters. The van der Waals surface area contributed by atoms with Gasteiger partial charge in [-0.2, -0.15) is 4.31 Å². The van der Waals surface area contributed by atoms with E-state index in [1.54, 1.807) is 12.1 Å². The second kappa shape index (κ2) is 10.4. The van der Waals surface area contributed by atoms with Crippen LogP contribution in [0.4, 0.5) is 0 Å². The highest BCUT2D eigenvalue weighted by atomic mass is 32.2. The molecule has 1 fully saturated rings. The van der Waals surface area contributed by atoms with Gasteiger partial charge in [0, 0.05) is 13.1 Å². The Labute approximate surface area is 177 Å². The molecular weight excluding hydrogens is 406 g/mol. The van der Waals surface area contributed by atoms with Crippen molar-refractivity contribution in [2.45, 2.75) is 31.1 Å². The lowest BCUT2D eigenvalue weighted by Crippen LogP contribution is -2.27. The molecule has 2 aromatic rings. The number of esters is 1. The molecule has 0 amide bonds. The van der Waals surface area contributed by atoms with Crippen LogP contribution >= 0.6 is 0 Å². The molecule has 1 aliphatic rings. The Morgan fingerprint density at radius 3 is 2.00 bits per heavy atom. The van der Waals surface area contributed by atoms with E-state index in [2.05, 4.69) is 0 Å². The molecule has 2 aromatic carbocycles. The largest absolute Gasteiger partial charge is 0.494 e. The predicted octanol–water partition coefficient (Wildman–Crippen LogP) is 3.50. The average molecular weight is 434 g/mol. The number of benzene rings is 2. The summed E-state index contributed by atoms with van der Waals surface area (Å²) in [6.07, 6.45) is 2.70. The van der Waals surface area contributed by atoms with Crippen LogP contribution in [0.3, 0.4) is 0 Å². The van der Waals surface area contributed by atoms with Gasteiger partial charge in [-0.25, -0.2) is 13.2 Å². The highest BCUT2D eigenvalue weighted by Gasteiger charge is 2.27. The maximum absolute atomic E-state index is 12.5. The van der Waals surface area contributed by atoms with Crippen LogP contribution in [0, 0.1) is 0 Å². The predicted molar refractivity (Wildman–Crippen MR) is 112 cm³/mol. The minimum Gasteiger partial charge on any atom is -0.494 e. The molecule has 0 unspecified atom stereocenters. The molecule has 0 radical (unpaired) electrons. The lowest BCUT2D eigenvalue weighted by Gasteiger charge is -2.15. The first-order valence-electron chi connectivity index (χ1n) is 10.1. The normalized spacial score (nSPS) is 14.4. The number of hydrogen-bond acceptors (Lipinski definition) is 6. The Morgan fingerprint density at radius 2 is 1.43 bits per heavy atom. The molecule has 0 N–H and O–H groups in total. The first kappa shape index (κ1) is 22.1. The zero-order valence-electron chi connectivity index (χ0n) is 17.1. The summed E-state index contributed by atoms with van der Waals surface area (Å²) in [5, 5.41) is 0. The van der Waals surface area contributed by atoms with Crippen molar-refractivity contribution >= 4 is 16.0 Å². The smallest absolute Gasteiger partial charge is 0.338 e. The summed E-state index contributed by atoms with van der Waals surface area (Å²) in [5.74, 6) is 0.921. The van der Waals surface area contributed by atoms with Gasteiger partial charge in [0.1, 0.15) is 24.7 Å². The zero-order chi connectivity index (χ0) is 21.4. The lowest BCUT2D eigenvalue weighted by atomic mass is 10.2. The molecule has 7 nitrogen and oxygen atoms in total. The van der Waals surface area contributed by atoms with E-state index in [4.69, 9.17) is 14.2 Å². The molecule has 30 heavy (non-hydrogen) atoms. The van der Waals surface area contributed by atoms with Gasteiger partial charge in [-0.05, 0) is 67.8 Å². The van der Waals surface area contributed by atoms with Crippen molar-refractivity contribution in [3.05, 3.63) is 54.1 Å². The van der Waals surface area contributed by atoms with Gasteiger partial charge in [0.2, 0.25) is 10.0 Å². The van der Waals surface area contributed by atoms with Crippen LogP contribution in [0.2, 0.25) is 0 Å². The topological polar surface area (TPSA) is 82.1 Å². The van der Waals surface area contributed by atoms with Crippen molar-refractivity contribution in [3.63, 3.8) is 0 Å². The molecule has 8 heteroatoms. The van der Waals surface area contributed by atoms with E-state index in [1.165, 1.54) is 28.6 Å². The molecule has 0 saturated carbocycles. The molecule has 0 aromatic heterocycles. The van der Waals surface area contributed by atoms with Crippen molar-refractivity contribution in [1.29, 1.82) is 0 Å². The fourth-order valence-electron chi connectivity index (χ4n) is 3.07. The standard InChI is InChI=1S/C22H27NO6S/c1-2-15-27-19-7-9-20(10-8-19)28-16-17-29-22(24)18-5-11-21(12-6-18)30(25,26)23-13-3-4-14-23/h5-12H,2-4,13-17H2,1H3.